The largest absolute Gasteiger partial charge is 0.371 e. The molecule has 0 aromatic carbocycles. The molecule has 84 valence electrons. The van der Waals surface area contributed by atoms with Crippen LogP contribution in [-0.4, -0.2) is 44.8 Å². The normalized spacial score (nSPS) is 28.1. The van der Waals surface area contributed by atoms with Crippen molar-refractivity contribution in [1.82, 2.24) is 13.6 Å². The Morgan fingerprint density at radius 1 is 1.67 bits per heavy atom. The summed E-state index contributed by atoms with van der Waals surface area (Å²) in [6, 6.07) is 0. The molecule has 15 heavy (non-hydrogen) atoms. The Morgan fingerprint density at radius 2 is 2.53 bits per heavy atom. The molecule has 1 aromatic rings. The van der Waals surface area contributed by atoms with Crippen molar-refractivity contribution >= 4 is 23.3 Å². The Morgan fingerprint density at radius 3 is 3.20 bits per heavy atom. The molecule has 4 nitrogen and oxygen atoms in total. The van der Waals surface area contributed by atoms with Gasteiger partial charge in [-0.3, -0.25) is 4.90 Å². The minimum Gasteiger partial charge on any atom is -0.371 e. The van der Waals surface area contributed by atoms with Gasteiger partial charge in [0.1, 0.15) is 0 Å². The van der Waals surface area contributed by atoms with Crippen LogP contribution in [0.15, 0.2) is 6.20 Å². The van der Waals surface area contributed by atoms with E-state index in [9.17, 15) is 0 Å². The molecule has 0 bridgehead atoms. The van der Waals surface area contributed by atoms with Crippen molar-refractivity contribution < 1.29 is 4.74 Å². The summed E-state index contributed by atoms with van der Waals surface area (Å²) in [6.45, 7) is 4.73. The van der Waals surface area contributed by atoms with Crippen LogP contribution in [-0.2, 0) is 11.3 Å². The van der Waals surface area contributed by atoms with E-state index in [4.69, 9.17) is 16.3 Å². The smallest absolute Gasteiger partial charge is 0.0883 e. The Hall–Kier alpha value is -0.230. The monoisotopic (exact) mass is 247 g/mol. The van der Waals surface area contributed by atoms with Gasteiger partial charge in [0, 0.05) is 25.5 Å². The van der Waals surface area contributed by atoms with Crippen molar-refractivity contribution in [2.75, 3.05) is 19.0 Å². The van der Waals surface area contributed by atoms with E-state index in [0.717, 1.165) is 25.3 Å². The number of nitrogens with zero attached hydrogens (tertiary/aromatic N) is 3. The van der Waals surface area contributed by atoms with Crippen molar-refractivity contribution in [3.05, 3.63) is 11.9 Å². The summed E-state index contributed by atoms with van der Waals surface area (Å²) in [5.74, 6) is 0.552. The number of ether oxygens (including phenoxy) is 1. The van der Waals surface area contributed by atoms with Gasteiger partial charge in [0.15, 0.2) is 0 Å². The summed E-state index contributed by atoms with van der Waals surface area (Å²) in [5, 5.41) is 0. The molecule has 1 aliphatic rings. The molecule has 0 spiro atoms. The van der Waals surface area contributed by atoms with Crippen molar-refractivity contribution in [3.63, 3.8) is 0 Å². The van der Waals surface area contributed by atoms with Crippen LogP contribution in [0.2, 0.25) is 0 Å². The lowest BCUT2D eigenvalue weighted by Gasteiger charge is -2.35. The average molecular weight is 248 g/mol. The highest BCUT2D eigenvalue weighted by Crippen LogP contribution is 2.14. The van der Waals surface area contributed by atoms with E-state index in [-0.39, 0.29) is 12.2 Å². The lowest BCUT2D eigenvalue weighted by atomic mass is 10.2. The second-order valence-corrected chi connectivity index (χ2v) is 4.68. The number of hydrogen-bond acceptors (Lipinski definition) is 5. The summed E-state index contributed by atoms with van der Waals surface area (Å²) >= 11 is 7.07. The van der Waals surface area contributed by atoms with E-state index < -0.39 is 0 Å². The summed E-state index contributed by atoms with van der Waals surface area (Å²) < 4.78 is 13.9. The molecule has 1 aliphatic heterocycles. The van der Waals surface area contributed by atoms with E-state index in [1.165, 1.54) is 11.7 Å². The number of rotatable bonds is 3. The molecular weight excluding hydrogens is 234 g/mol. The first-order chi connectivity index (χ1) is 7.28. The molecule has 0 N–H and O–H groups in total. The molecule has 0 aliphatic carbocycles. The van der Waals surface area contributed by atoms with Gasteiger partial charge < -0.3 is 4.74 Å². The molecule has 0 radical (unpaired) electrons. The first-order valence-electron chi connectivity index (χ1n) is 4.98. The van der Waals surface area contributed by atoms with Crippen LogP contribution in [0.25, 0.3) is 0 Å². The maximum Gasteiger partial charge on any atom is 0.0883 e. The minimum atomic E-state index is 0.141. The first-order valence-corrected chi connectivity index (χ1v) is 6.24. The number of aromatic nitrogens is 2. The molecule has 2 unspecified atom stereocenters. The third kappa shape index (κ3) is 3.11. The molecule has 6 heteroatoms. The quantitative estimate of drug-likeness (QED) is 0.757. The van der Waals surface area contributed by atoms with Gasteiger partial charge in [-0.1, -0.05) is 0 Å². The summed E-state index contributed by atoms with van der Waals surface area (Å²) in [5.41, 5.74) is 1.03. The first kappa shape index (κ1) is 11.3. The van der Waals surface area contributed by atoms with Gasteiger partial charge in [0.05, 0.1) is 35.8 Å². The van der Waals surface area contributed by atoms with Gasteiger partial charge in [-0.2, -0.15) is 8.75 Å². The molecule has 2 rings (SSSR count). The fourth-order valence-electron chi connectivity index (χ4n) is 1.84. The van der Waals surface area contributed by atoms with Crippen LogP contribution in [0.1, 0.15) is 12.6 Å². The molecule has 0 saturated carbocycles. The molecular formula is C9H14ClN3OS. The second kappa shape index (κ2) is 5.21. The van der Waals surface area contributed by atoms with E-state index in [0.29, 0.717) is 5.88 Å². The zero-order chi connectivity index (χ0) is 10.7. The standard InChI is InChI=1S/C9H14ClN3OS/c1-7-4-13(6-9(2-10)14-7)5-8-3-11-15-12-8/h3,7,9H,2,4-6H2,1H3. The van der Waals surface area contributed by atoms with E-state index in [2.05, 4.69) is 20.6 Å². The van der Waals surface area contributed by atoms with Gasteiger partial charge >= 0.3 is 0 Å². The van der Waals surface area contributed by atoms with Crippen LogP contribution in [0.4, 0.5) is 0 Å². The van der Waals surface area contributed by atoms with Crippen LogP contribution < -0.4 is 0 Å². The van der Waals surface area contributed by atoms with Crippen molar-refractivity contribution in [2.24, 2.45) is 0 Å². The molecule has 2 atom stereocenters. The molecule has 1 aromatic heterocycles. The van der Waals surface area contributed by atoms with Gasteiger partial charge in [0.25, 0.3) is 0 Å². The van der Waals surface area contributed by atoms with Gasteiger partial charge in [-0.05, 0) is 6.92 Å². The molecule has 2 heterocycles. The average Bonchev–Trinajstić information content (AvgIpc) is 2.69. The Labute approximate surface area is 98.5 Å². The maximum atomic E-state index is 5.82. The van der Waals surface area contributed by atoms with Crippen molar-refractivity contribution in [2.45, 2.75) is 25.7 Å². The molecule has 1 fully saturated rings. The highest BCUT2D eigenvalue weighted by atomic mass is 35.5. The fourth-order valence-corrected chi connectivity index (χ4v) is 2.43. The van der Waals surface area contributed by atoms with Crippen LogP contribution >= 0.6 is 23.3 Å². The van der Waals surface area contributed by atoms with Crippen LogP contribution in [0.3, 0.4) is 0 Å². The highest BCUT2D eigenvalue weighted by molar-refractivity contribution is 6.99. The highest BCUT2D eigenvalue weighted by Gasteiger charge is 2.24. The maximum absolute atomic E-state index is 5.82. The zero-order valence-corrected chi connectivity index (χ0v) is 10.2. The third-order valence-corrected chi connectivity index (χ3v) is 3.23. The minimum absolute atomic E-state index is 0.141. The van der Waals surface area contributed by atoms with Gasteiger partial charge in [-0.25, -0.2) is 0 Å². The third-order valence-electron chi connectivity index (χ3n) is 2.37. The zero-order valence-electron chi connectivity index (χ0n) is 8.60. The predicted octanol–water partition coefficient (Wildman–Crippen LogP) is 1.37. The number of hydrogen-bond donors (Lipinski definition) is 0. The lowest BCUT2D eigenvalue weighted by Crippen LogP contribution is -2.46. The second-order valence-electron chi connectivity index (χ2n) is 3.82. The van der Waals surface area contributed by atoms with Crippen molar-refractivity contribution in [3.8, 4) is 0 Å². The summed E-state index contributed by atoms with van der Waals surface area (Å²) in [7, 11) is 0. The number of halogens is 1. The topological polar surface area (TPSA) is 38.2 Å². The van der Waals surface area contributed by atoms with E-state index >= 15 is 0 Å². The van der Waals surface area contributed by atoms with Gasteiger partial charge in [-0.15, -0.1) is 11.6 Å². The fraction of sp³-hybridized carbons (Fsp3) is 0.778. The van der Waals surface area contributed by atoms with E-state index in [1.54, 1.807) is 0 Å². The van der Waals surface area contributed by atoms with Crippen molar-refractivity contribution in [1.29, 1.82) is 0 Å². The predicted molar refractivity (Wildman–Crippen MR) is 60.2 cm³/mol. The summed E-state index contributed by atoms with van der Waals surface area (Å²) in [4.78, 5) is 2.32. The van der Waals surface area contributed by atoms with Gasteiger partial charge in [0.2, 0.25) is 0 Å². The molecule has 1 saturated heterocycles. The lowest BCUT2D eigenvalue weighted by molar-refractivity contribution is -0.0691. The molecule has 0 amide bonds. The number of morpholine rings is 1. The summed E-state index contributed by atoms with van der Waals surface area (Å²) in [6.07, 6.45) is 2.21. The Kier molecular flexibility index (Phi) is 3.91. The van der Waals surface area contributed by atoms with E-state index in [1.807, 2.05) is 6.20 Å². The van der Waals surface area contributed by atoms with Crippen LogP contribution in [0, 0.1) is 0 Å². The SMILES string of the molecule is CC1CN(Cc2cnsn2)CC(CCl)O1. The Bertz CT molecular complexity index is 296. The Balaban J connectivity index is 1.91. The number of alkyl halides is 1. The van der Waals surface area contributed by atoms with Crippen LogP contribution in [0.5, 0.6) is 0 Å².